The quantitative estimate of drug-likeness (QED) is 0.777. The molecule has 0 amide bonds. The van der Waals surface area contributed by atoms with E-state index in [0.29, 0.717) is 18.8 Å². The fourth-order valence-corrected chi connectivity index (χ4v) is 3.53. The van der Waals surface area contributed by atoms with Gasteiger partial charge in [0.1, 0.15) is 24.0 Å². The molecule has 1 aliphatic rings. The van der Waals surface area contributed by atoms with Crippen LogP contribution in [0.1, 0.15) is 24.0 Å². The van der Waals surface area contributed by atoms with Crippen LogP contribution in [-0.4, -0.2) is 50.2 Å². The predicted molar refractivity (Wildman–Crippen MR) is 106 cm³/mol. The van der Waals surface area contributed by atoms with Gasteiger partial charge in [-0.25, -0.2) is 9.97 Å². The van der Waals surface area contributed by atoms with E-state index in [1.165, 1.54) is 12.4 Å². The summed E-state index contributed by atoms with van der Waals surface area (Å²) < 4.78 is 38.9. The number of benzene rings is 1. The number of aromatic nitrogens is 2. The topological polar surface area (TPSA) is 59.3 Å². The van der Waals surface area contributed by atoms with Crippen molar-refractivity contribution in [1.82, 2.24) is 9.97 Å². The fraction of sp³-hybridized carbons (Fsp3) is 0.450. The van der Waals surface area contributed by atoms with Crippen molar-refractivity contribution >= 4 is 17.3 Å². The molecule has 0 radical (unpaired) electrons. The van der Waals surface area contributed by atoms with E-state index in [1.54, 1.807) is 0 Å². The summed E-state index contributed by atoms with van der Waals surface area (Å²) in [6, 6.07) is 7.30. The molecule has 6 nitrogen and oxygen atoms in total. The van der Waals surface area contributed by atoms with Crippen LogP contribution in [0.3, 0.4) is 0 Å². The highest BCUT2D eigenvalue weighted by atomic mass is 19.4. The molecule has 154 valence electrons. The first-order chi connectivity index (χ1) is 13.7. The average molecular weight is 404 g/mol. The zero-order valence-corrected chi connectivity index (χ0v) is 16.6. The molecular weight excluding hydrogens is 381 g/mol. The molecular formula is C20H23F3N6. The van der Waals surface area contributed by atoms with Gasteiger partial charge in [0.2, 0.25) is 0 Å². The molecule has 0 bridgehead atoms. The molecule has 1 aromatic heterocycles. The molecule has 0 aliphatic carbocycles. The van der Waals surface area contributed by atoms with E-state index >= 15 is 0 Å². The first-order valence-corrected chi connectivity index (χ1v) is 9.29. The van der Waals surface area contributed by atoms with Crippen LogP contribution in [0.15, 0.2) is 30.6 Å². The smallest absolute Gasteiger partial charge is 0.368 e. The monoisotopic (exact) mass is 404 g/mol. The van der Waals surface area contributed by atoms with Crippen molar-refractivity contribution in [3.63, 3.8) is 0 Å². The van der Waals surface area contributed by atoms with E-state index in [-0.39, 0.29) is 11.6 Å². The summed E-state index contributed by atoms with van der Waals surface area (Å²) in [7, 11) is 5.76. The van der Waals surface area contributed by atoms with Crippen molar-refractivity contribution in [2.75, 3.05) is 48.9 Å². The van der Waals surface area contributed by atoms with Crippen LogP contribution in [0.4, 0.5) is 30.5 Å². The summed E-state index contributed by atoms with van der Waals surface area (Å²) in [6.45, 7) is 1.29. The second-order valence-electron chi connectivity index (χ2n) is 7.32. The van der Waals surface area contributed by atoms with E-state index in [2.05, 4.69) is 14.9 Å². The number of rotatable bonds is 4. The maximum absolute atomic E-state index is 13.0. The van der Waals surface area contributed by atoms with Crippen LogP contribution in [0.25, 0.3) is 0 Å². The van der Waals surface area contributed by atoms with Crippen LogP contribution < -0.4 is 14.7 Å². The van der Waals surface area contributed by atoms with Crippen molar-refractivity contribution in [2.24, 2.45) is 0 Å². The second kappa shape index (κ2) is 8.15. The van der Waals surface area contributed by atoms with Gasteiger partial charge in [0.25, 0.3) is 0 Å². The summed E-state index contributed by atoms with van der Waals surface area (Å²) in [5.74, 6) is 1.58. The Kier molecular flexibility index (Phi) is 5.82. The maximum atomic E-state index is 13.0. The van der Waals surface area contributed by atoms with Gasteiger partial charge in [-0.05, 0) is 31.0 Å². The maximum Gasteiger partial charge on any atom is 0.416 e. The average Bonchev–Trinajstić information content (AvgIpc) is 2.72. The number of piperidine rings is 1. The first kappa shape index (κ1) is 20.7. The molecule has 29 heavy (non-hydrogen) atoms. The van der Waals surface area contributed by atoms with E-state index in [1.807, 2.05) is 43.1 Å². The van der Waals surface area contributed by atoms with Crippen LogP contribution in [0.2, 0.25) is 0 Å². The number of hydrogen-bond acceptors (Lipinski definition) is 6. The zero-order chi connectivity index (χ0) is 21.2. The largest absolute Gasteiger partial charge is 0.416 e. The van der Waals surface area contributed by atoms with E-state index in [4.69, 9.17) is 0 Å². The lowest BCUT2D eigenvalue weighted by molar-refractivity contribution is -0.137. The molecule has 1 saturated heterocycles. The van der Waals surface area contributed by atoms with Crippen LogP contribution in [0, 0.1) is 11.3 Å². The minimum Gasteiger partial charge on any atom is -0.368 e. The Morgan fingerprint density at radius 2 is 1.86 bits per heavy atom. The number of nitriles is 1. The van der Waals surface area contributed by atoms with Gasteiger partial charge >= 0.3 is 6.18 Å². The Bertz CT molecular complexity index is 906. The van der Waals surface area contributed by atoms with Gasteiger partial charge in [-0.15, -0.1) is 0 Å². The molecule has 1 fully saturated rings. The predicted octanol–water partition coefficient (Wildman–Crippen LogP) is 3.54. The van der Waals surface area contributed by atoms with Crippen molar-refractivity contribution in [3.05, 3.63) is 41.7 Å². The molecule has 3 rings (SSSR count). The zero-order valence-electron chi connectivity index (χ0n) is 16.6. The molecule has 1 aliphatic heterocycles. The first-order valence-electron chi connectivity index (χ1n) is 9.29. The van der Waals surface area contributed by atoms with Gasteiger partial charge in [-0.1, -0.05) is 0 Å². The molecule has 1 aromatic carbocycles. The van der Waals surface area contributed by atoms with Crippen molar-refractivity contribution < 1.29 is 13.2 Å². The third-order valence-corrected chi connectivity index (χ3v) is 5.19. The van der Waals surface area contributed by atoms with Crippen molar-refractivity contribution in [2.45, 2.75) is 25.1 Å². The minimum absolute atomic E-state index is 0.0417. The SMILES string of the molecule is CN(C)c1cc(N(C)C2CCCN(c3ccc(C(F)(F)F)cc3C#N)C2)ncn1. The van der Waals surface area contributed by atoms with Gasteiger partial charge in [-0.2, -0.15) is 18.4 Å². The number of halogens is 3. The third-order valence-electron chi connectivity index (χ3n) is 5.19. The summed E-state index contributed by atoms with van der Waals surface area (Å²) in [5, 5.41) is 9.40. The molecule has 1 unspecified atom stereocenters. The third kappa shape index (κ3) is 4.53. The number of likely N-dealkylation sites (N-methyl/N-ethyl adjacent to an activating group) is 1. The lowest BCUT2D eigenvalue weighted by Crippen LogP contribution is -2.47. The van der Waals surface area contributed by atoms with Crippen LogP contribution >= 0.6 is 0 Å². The Hall–Kier alpha value is -3.02. The molecule has 0 spiro atoms. The van der Waals surface area contributed by atoms with Gasteiger partial charge < -0.3 is 14.7 Å². The fourth-order valence-electron chi connectivity index (χ4n) is 3.53. The highest BCUT2D eigenvalue weighted by Gasteiger charge is 2.32. The van der Waals surface area contributed by atoms with Gasteiger partial charge in [0, 0.05) is 46.3 Å². The Morgan fingerprint density at radius 3 is 2.52 bits per heavy atom. The van der Waals surface area contributed by atoms with Crippen molar-refractivity contribution in [3.8, 4) is 6.07 Å². The molecule has 9 heteroatoms. The molecule has 0 saturated carbocycles. The molecule has 1 atom stereocenters. The second-order valence-corrected chi connectivity index (χ2v) is 7.32. The molecule has 0 N–H and O–H groups in total. The number of hydrogen-bond donors (Lipinski definition) is 0. The van der Waals surface area contributed by atoms with Gasteiger partial charge in [0.05, 0.1) is 16.8 Å². The number of nitrogens with zero attached hydrogens (tertiary/aromatic N) is 6. The van der Waals surface area contributed by atoms with E-state index < -0.39 is 11.7 Å². The highest BCUT2D eigenvalue weighted by Crippen LogP contribution is 2.34. The van der Waals surface area contributed by atoms with Gasteiger partial charge in [-0.3, -0.25) is 0 Å². The number of anilines is 3. The van der Waals surface area contributed by atoms with E-state index in [9.17, 15) is 18.4 Å². The van der Waals surface area contributed by atoms with Crippen molar-refractivity contribution in [1.29, 1.82) is 5.26 Å². The van der Waals surface area contributed by atoms with E-state index in [0.717, 1.165) is 36.6 Å². The summed E-state index contributed by atoms with van der Waals surface area (Å²) in [6.07, 6.45) is -1.15. The molecule has 2 heterocycles. The Balaban J connectivity index is 1.82. The van der Waals surface area contributed by atoms with Crippen LogP contribution in [0.5, 0.6) is 0 Å². The van der Waals surface area contributed by atoms with Gasteiger partial charge in [0.15, 0.2) is 0 Å². The normalized spacial score (nSPS) is 17.0. The Labute approximate surface area is 168 Å². The summed E-state index contributed by atoms with van der Waals surface area (Å²) >= 11 is 0. The summed E-state index contributed by atoms with van der Waals surface area (Å²) in [4.78, 5) is 14.5. The van der Waals surface area contributed by atoms with Crippen LogP contribution in [-0.2, 0) is 6.18 Å². The minimum atomic E-state index is -4.47. The highest BCUT2D eigenvalue weighted by molar-refractivity contribution is 5.61. The lowest BCUT2D eigenvalue weighted by Gasteiger charge is -2.39. The number of alkyl halides is 3. The standard InChI is InChI=1S/C20H23F3N6/c1-27(2)18-10-19(26-13-25-18)28(3)16-5-4-8-29(12-16)17-7-6-15(20(21,22)23)9-14(17)11-24/h6-7,9-10,13,16H,4-5,8,12H2,1-3H3. The Morgan fingerprint density at radius 1 is 1.14 bits per heavy atom. The molecule has 2 aromatic rings. The lowest BCUT2D eigenvalue weighted by atomic mass is 10.0. The summed E-state index contributed by atoms with van der Waals surface area (Å²) in [5.41, 5.74) is -0.226.